The Balaban J connectivity index is 0.00000300. The number of phenols is 1. The predicted octanol–water partition coefficient (Wildman–Crippen LogP) is 4.10. The van der Waals surface area contributed by atoms with Gasteiger partial charge >= 0.3 is 0 Å². The normalized spacial score (nSPS) is 14.3. The second-order valence-electron chi connectivity index (χ2n) is 7.45. The van der Waals surface area contributed by atoms with Gasteiger partial charge < -0.3 is 25.6 Å². The summed E-state index contributed by atoms with van der Waals surface area (Å²) < 4.78 is 5.46. The zero-order valence-corrected chi connectivity index (χ0v) is 18.3. The number of benzene rings is 2. The number of carbonyl (C=O) groups is 1. The van der Waals surface area contributed by atoms with Crippen LogP contribution in [0.3, 0.4) is 0 Å². The maximum Gasteiger partial charge on any atom is 0.262 e. The van der Waals surface area contributed by atoms with E-state index in [9.17, 15) is 15.0 Å². The molecule has 0 fully saturated rings. The lowest BCUT2D eigenvalue weighted by Crippen LogP contribution is -2.43. The highest BCUT2D eigenvalue weighted by Gasteiger charge is 2.26. The number of nitrogens with one attached hydrogen (secondary N) is 2. The SMILES string of the molecule is CC(C)(Cc1ccc(Cl)c(Cl)c1)NCC(O)c1cc(O)cc2c1OCC(=O)N2.Cl. The van der Waals surface area contributed by atoms with Crippen LogP contribution in [0.25, 0.3) is 0 Å². The molecule has 0 saturated carbocycles. The van der Waals surface area contributed by atoms with Crippen LogP contribution < -0.4 is 15.4 Å². The summed E-state index contributed by atoms with van der Waals surface area (Å²) in [6.45, 7) is 4.11. The van der Waals surface area contributed by atoms with E-state index in [0.29, 0.717) is 33.5 Å². The number of aliphatic hydroxyl groups is 1. The Morgan fingerprint density at radius 2 is 1.97 bits per heavy atom. The maximum absolute atomic E-state index is 11.5. The van der Waals surface area contributed by atoms with Crippen molar-refractivity contribution in [2.75, 3.05) is 18.5 Å². The molecule has 1 unspecified atom stereocenters. The van der Waals surface area contributed by atoms with Gasteiger partial charge in [-0.05, 0) is 44.0 Å². The molecule has 1 aliphatic rings. The van der Waals surface area contributed by atoms with Crippen molar-refractivity contribution < 1.29 is 19.7 Å². The monoisotopic (exact) mass is 460 g/mol. The summed E-state index contributed by atoms with van der Waals surface area (Å²) in [4.78, 5) is 11.5. The number of β-amino-alcohol motifs (C(OH)–C–C–N with tert-alkyl or cyclic N) is 1. The van der Waals surface area contributed by atoms with E-state index in [2.05, 4.69) is 10.6 Å². The minimum absolute atomic E-state index is 0. The molecule has 1 heterocycles. The van der Waals surface area contributed by atoms with Gasteiger partial charge in [-0.25, -0.2) is 0 Å². The molecule has 1 aliphatic heterocycles. The van der Waals surface area contributed by atoms with Crippen molar-refractivity contribution in [2.45, 2.75) is 31.9 Å². The van der Waals surface area contributed by atoms with Crippen molar-refractivity contribution in [2.24, 2.45) is 0 Å². The molecule has 1 amide bonds. The van der Waals surface area contributed by atoms with Gasteiger partial charge in [0.05, 0.1) is 21.8 Å². The number of ether oxygens (including phenoxy) is 1. The van der Waals surface area contributed by atoms with Crippen LogP contribution in [0.5, 0.6) is 11.5 Å². The zero-order valence-electron chi connectivity index (χ0n) is 16.0. The summed E-state index contributed by atoms with van der Waals surface area (Å²) in [5.41, 5.74) is 1.43. The first-order valence-electron chi connectivity index (χ1n) is 8.81. The number of aromatic hydroxyl groups is 1. The van der Waals surface area contributed by atoms with E-state index in [1.165, 1.54) is 12.1 Å². The minimum Gasteiger partial charge on any atom is -0.508 e. The summed E-state index contributed by atoms with van der Waals surface area (Å²) in [5, 5.41) is 27.5. The third kappa shape index (κ3) is 5.90. The summed E-state index contributed by atoms with van der Waals surface area (Å²) >= 11 is 12.0. The standard InChI is InChI=1S/C20H22Cl2N2O4.ClH/c1-20(2,8-11-3-4-14(21)15(22)5-11)23-9-17(26)13-6-12(25)7-16-19(13)28-10-18(27)24-16;/h3-7,17,23,25-26H,8-10H2,1-2H3,(H,24,27);1H. The maximum atomic E-state index is 11.5. The third-order valence-electron chi connectivity index (χ3n) is 4.49. The first-order chi connectivity index (χ1) is 13.1. The average Bonchev–Trinajstić information content (AvgIpc) is 2.61. The highest BCUT2D eigenvalue weighted by Crippen LogP contribution is 2.38. The van der Waals surface area contributed by atoms with Gasteiger partial charge in [0.15, 0.2) is 6.61 Å². The fourth-order valence-electron chi connectivity index (χ4n) is 3.17. The molecule has 6 nitrogen and oxygen atoms in total. The molecule has 158 valence electrons. The van der Waals surface area contributed by atoms with Crippen molar-refractivity contribution in [3.63, 3.8) is 0 Å². The number of carbonyl (C=O) groups excluding carboxylic acids is 1. The molecule has 0 bridgehead atoms. The molecular formula is C20H23Cl3N2O4. The molecule has 0 radical (unpaired) electrons. The topological polar surface area (TPSA) is 90.8 Å². The lowest BCUT2D eigenvalue weighted by Gasteiger charge is -2.29. The van der Waals surface area contributed by atoms with Crippen LogP contribution in [0.4, 0.5) is 5.69 Å². The molecule has 2 aromatic rings. The molecule has 4 N–H and O–H groups in total. The molecule has 9 heteroatoms. The van der Waals surface area contributed by atoms with Crippen molar-refractivity contribution in [3.05, 3.63) is 51.5 Å². The minimum atomic E-state index is -0.941. The van der Waals surface area contributed by atoms with Gasteiger partial charge in [0.25, 0.3) is 5.91 Å². The van der Waals surface area contributed by atoms with Crippen LogP contribution in [-0.2, 0) is 11.2 Å². The first-order valence-corrected chi connectivity index (χ1v) is 9.57. The molecule has 29 heavy (non-hydrogen) atoms. The largest absolute Gasteiger partial charge is 0.508 e. The van der Waals surface area contributed by atoms with Crippen molar-refractivity contribution >= 4 is 47.2 Å². The Bertz CT molecular complexity index is 906. The highest BCUT2D eigenvalue weighted by atomic mass is 35.5. The van der Waals surface area contributed by atoms with Crippen LogP contribution in [0.1, 0.15) is 31.1 Å². The Morgan fingerprint density at radius 3 is 2.66 bits per heavy atom. The van der Waals surface area contributed by atoms with Crippen LogP contribution in [0.15, 0.2) is 30.3 Å². The van der Waals surface area contributed by atoms with Crippen molar-refractivity contribution in [1.29, 1.82) is 0 Å². The molecule has 2 aromatic carbocycles. The van der Waals surface area contributed by atoms with Crippen LogP contribution in [-0.4, -0.2) is 34.8 Å². The lowest BCUT2D eigenvalue weighted by atomic mass is 9.94. The fraction of sp³-hybridized carbons (Fsp3) is 0.350. The van der Waals surface area contributed by atoms with Crippen molar-refractivity contribution in [1.82, 2.24) is 5.32 Å². The van der Waals surface area contributed by atoms with E-state index in [-0.39, 0.29) is 42.8 Å². The second kappa shape index (κ2) is 9.41. The summed E-state index contributed by atoms with van der Waals surface area (Å²) in [6, 6.07) is 8.33. The van der Waals surface area contributed by atoms with Gasteiger partial charge in [0.1, 0.15) is 11.5 Å². The molecular weight excluding hydrogens is 439 g/mol. The Morgan fingerprint density at radius 1 is 1.24 bits per heavy atom. The molecule has 0 aromatic heterocycles. The summed E-state index contributed by atoms with van der Waals surface area (Å²) in [6.07, 6.45) is -0.273. The van der Waals surface area contributed by atoms with Crippen LogP contribution >= 0.6 is 35.6 Å². The molecule has 0 spiro atoms. The van der Waals surface area contributed by atoms with Gasteiger partial charge in [-0.1, -0.05) is 29.3 Å². The number of aliphatic hydroxyl groups excluding tert-OH is 1. The number of rotatable bonds is 6. The van der Waals surface area contributed by atoms with Gasteiger partial charge in [0, 0.05) is 23.7 Å². The van der Waals surface area contributed by atoms with Crippen LogP contribution in [0.2, 0.25) is 10.0 Å². The Labute approximate surface area is 185 Å². The molecule has 3 rings (SSSR count). The number of phenolic OH excluding ortho intramolecular Hbond substituents is 1. The van der Waals surface area contributed by atoms with E-state index >= 15 is 0 Å². The Kier molecular flexibility index (Phi) is 7.65. The first kappa shape index (κ1) is 23.6. The lowest BCUT2D eigenvalue weighted by molar-refractivity contribution is -0.118. The van der Waals surface area contributed by atoms with E-state index in [0.717, 1.165) is 5.56 Å². The van der Waals surface area contributed by atoms with Gasteiger partial charge in [-0.2, -0.15) is 0 Å². The number of anilines is 1. The number of hydrogen-bond donors (Lipinski definition) is 4. The summed E-state index contributed by atoms with van der Waals surface area (Å²) in [7, 11) is 0. The molecule has 1 atom stereocenters. The van der Waals surface area contributed by atoms with E-state index in [1.54, 1.807) is 6.07 Å². The predicted molar refractivity (Wildman–Crippen MR) is 117 cm³/mol. The molecule has 0 aliphatic carbocycles. The third-order valence-corrected chi connectivity index (χ3v) is 5.23. The fourth-order valence-corrected chi connectivity index (χ4v) is 3.49. The van der Waals surface area contributed by atoms with Crippen LogP contribution in [0, 0.1) is 0 Å². The quantitative estimate of drug-likeness (QED) is 0.520. The average molecular weight is 462 g/mol. The number of amides is 1. The van der Waals surface area contributed by atoms with E-state index < -0.39 is 6.10 Å². The Hall–Kier alpha value is -1.70. The van der Waals surface area contributed by atoms with Gasteiger partial charge in [-0.3, -0.25) is 4.79 Å². The molecule has 0 saturated heterocycles. The van der Waals surface area contributed by atoms with Gasteiger partial charge in [0.2, 0.25) is 0 Å². The van der Waals surface area contributed by atoms with Crippen molar-refractivity contribution in [3.8, 4) is 11.5 Å². The second-order valence-corrected chi connectivity index (χ2v) is 8.27. The van der Waals surface area contributed by atoms with E-state index in [1.807, 2.05) is 26.0 Å². The smallest absolute Gasteiger partial charge is 0.262 e. The highest BCUT2D eigenvalue weighted by molar-refractivity contribution is 6.42. The number of hydrogen-bond acceptors (Lipinski definition) is 5. The number of halogens is 3. The van der Waals surface area contributed by atoms with Gasteiger partial charge in [-0.15, -0.1) is 12.4 Å². The van der Waals surface area contributed by atoms with E-state index in [4.69, 9.17) is 27.9 Å². The zero-order chi connectivity index (χ0) is 20.5. The summed E-state index contributed by atoms with van der Waals surface area (Å²) in [5.74, 6) is 0.00192. The number of fused-ring (bicyclic) bond motifs is 1.